The Bertz CT molecular complexity index is 587. The maximum absolute atomic E-state index is 10.6. The molecule has 7 heteroatoms. The number of hydrogen-bond donors (Lipinski definition) is 1. The molecular formula is C13H14BrN3O3. The van der Waals surface area contributed by atoms with E-state index in [1.54, 1.807) is 6.26 Å². The molecule has 0 aromatic carbocycles. The molecule has 0 fully saturated rings. The van der Waals surface area contributed by atoms with Gasteiger partial charge in [-0.25, -0.2) is 4.98 Å². The van der Waals surface area contributed by atoms with Gasteiger partial charge in [0.25, 0.3) is 5.69 Å². The van der Waals surface area contributed by atoms with Gasteiger partial charge in [-0.05, 0) is 41.4 Å². The first-order valence-corrected chi connectivity index (χ1v) is 6.94. The molecule has 1 N–H and O–H groups in total. The average molecular weight is 340 g/mol. The highest BCUT2D eigenvalue weighted by Crippen LogP contribution is 2.25. The molecule has 0 spiro atoms. The van der Waals surface area contributed by atoms with Crippen molar-refractivity contribution in [2.75, 3.05) is 5.32 Å². The molecule has 0 aliphatic heterocycles. The normalized spacial score (nSPS) is 12.1. The standard InChI is InChI=1S/C13H14BrN3O3/c1-9(4-5-11-3-2-6-20-11)16-13-12(14)7-10(8-15-13)17(18)19/h2-3,6-9H,4-5H2,1H3,(H,15,16). The lowest BCUT2D eigenvalue weighted by atomic mass is 10.1. The van der Waals surface area contributed by atoms with Gasteiger partial charge in [0.2, 0.25) is 0 Å². The second kappa shape index (κ2) is 6.51. The minimum absolute atomic E-state index is 0.0364. The Morgan fingerprint density at radius 1 is 1.60 bits per heavy atom. The molecule has 2 rings (SSSR count). The monoisotopic (exact) mass is 339 g/mol. The van der Waals surface area contributed by atoms with Crippen LogP contribution in [0.2, 0.25) is 0 Å². The van der Waals surface area contributed by atoms with Crippen molar-refractivity contribution in [3.8, 4) is 0 Å². The van der Waals surface area contributed by atoms with Crippen molar-refractivity contribution in [1.82, 2.24) is 4.98 Å². The summed E-state index contributed by atoms with van der Waals surface area (Å²) in [5, 5.41) is 13.9. The van der Waals surface area contributed by atoms with Gasteiger partial charge < -0.3 is 9.73 Å². The molecule has 0 amide bonds. The Morgan fingerprint density at radius 2 is 2.40 bits per heavy atom. The van der Waals surface area contributed by atoms with E-state index in [0.29, 0.717) is 10.3 Å². The van der Waals surface area contributed by atoms with Gasteiger partial charge in [0.1, 0.15) is 17.8 Å². The third-order valence-corrected chi connectivity index (χ3v) is 3.43. The molecule has 106 valence electrons. The maximum atomic E-state index is 10.6. The Morgan fingerprint density at radius 3 is 3.00 bits per heavy atom. The van der Waals surface area contributed by atoms with Gasteiger partial charge in [-0.2, -0.15) is 0 Å². The molecule has 0 aliphatic rings. The lowest BCUT2D eigenvalue weighted by molar-refractivity contribution is -0.385. The second-order valence-electron chi connectivity index (χ2n) is 4.44. The summed E-state index contributed by atoms with van der Waals surface area (Å²) < 4.78 is 5.85. The quantitative estimate of drug-likeness (QED) is 0.639. The third-order valence-electron chi connectivity index (χ3n) is 2.82. The molecule has 0 bridgehead atoms. The lowest BCUT2D eigenvalue weighted by Crippen LogP contribution is -2.17. The molecular weight excluding hydrogens is 326 g/mol. The van der Waals surface area contributed by atoms with Crippen molar-refractivity contribution < 1.29 is 9.34 Å². The summed E-state index contributed by atoms with van der Waals surface area (Å²) in [5.41, 5.74) is -0.0364. The van der Waals surface area contributed by atoms with Crippen molar-refractivity contribution in [1.29, 1.82) is 0 Å². The Labute approximate surface area is 124 Å². The number of halogens is 1. The van der Waals surface area contributed by atoms with Gasteiger partial charge in [0.05, 0.1) is 15.7 Å². The van der Waals surface area contributed by atoms with Crippen LogP contribution in [0.25, 0.3) is 0 Å². The van der Waals surface area contributed by atoms with Crippen LogP contribution >= 0.6 is 15.9 Å². The molecule has 0 aliphatic carbocycles. The van der Waals surface area contributed by atoms with Crippen LogP contribution in [0, 0.1) is 10.1 Å². The molecule has 0 radical (unpaired) electrons. The molecule has 0 saturated carbocycles. The van der Waals surface area contributed by atoms with Crippen molar-refractivity contribution >= 4 is 27.4 Å². The summed E-state index contributed by atoms with van der Waals surface area (Å²) in [6, 6.07) is 5.41. The predicted octanol–water partition coefficient (Wildman–Crippen LogP) is 3.78. The highest BCUT2D eigenvalue weighted by atomic mass is 79.9. The number of nitrogens with zero attached hydrogens (tertiary/aromatic N) is 2. The Hall–Kier alpha value is -1.89. The summed E-state index contributed by atoms with van der Waals surface area (Å²) in [7, 11) is 0. The van der Waals surface area contributed by atoms with Gasteiger partial charge >= 0.3 is 0 Å². The maximum Gasteiger partial charge on any atom is 0.288 e. The summed E-state index contributed by atoms with van der Waals surface area (Å²) in [6.07, 6.45) is 4.60. The first-order valence-electron chi connectivity index (χ1n) is 6.15. The van der Waals surface area contributed by atoms with Gasteiger partial charge in [-0.15, -0.1) is 0 Å². The molecule has 6 nitrogen and oxygen atoms in total. The fourth-order valence-electron chi connectivity index (χ4n) is 1.75. The van der Waals surface area contributed by atoms with E-state index in [9.17, 15) is 10.1 Å². The zero-order valence-electron chi connectivity index (χ0n) is 10.9. The summed E-state index contributed by atoms with van der Waals surface area (Å²) in [6.45, 7) is 2.03. The van der Waals surface area contributed by atoms with E-state index in [1.165, 1.54) is 12.3 Å². The van der Waals surface area contributed by atoms with E-state index < -0.39 is 4.92 Å². The zero-order chi connectivity index (χ0) is 14.5. The minimum atomic E-state index is -0.470. The molecule has 1 unspecified atom stereocenters. The number of nitrogens with one attached hydrogen (secondary N) is 1. The van der Waals surface area contributed by atoms with Crippen LogP contribution in [0.4, 0.5) is 11.5 Å². The Kier molecular flexibility index (Phi) is 4.73. The SMILES string of the molecule is CC(CCc1ccco1)Nc1ncc([N+](=O)[O-])cc1Br. The van der Waals surface area contributed by atoms with E-state index in [0.717, 1.165) is 18.6 Å². The summed E-state index contributed by atoms with van der Waals surface area (Å²) in [4.78, 5) is 14.2. The van der Waals surface area contributed by atoms with E-state index in [2.05, 4.69) is 26.2 Å². The van der Waals surface area contributed by atoms with Crippen molar-refractivity contribution in [3.63, 3.8) is 0 Å². The number of furan rings is 1. The highest BCUT2D eigenvalue weighted by Gasteiger charge is 2.12. The smallest absolute Gasteiger partial charge is 0.288 e. The van der Waals surface area contributed by atoms with Crippen LogP contribution in [0.5, 0.6) is 0 Å². The fourth-order valence-corrected chi connectivity index (χ4v) is 2.20. The molecule has 2 aromatic rings. The van der Waals surface area contributed by atoms with Crippen LogP contribution in [0.1, 0.15) is 19.1 Å². The van der Waals surface area contributed by atoms with Gasteiger partial charge in [-0.3, -0.25) is 10.1 Å². The lowest BCUT2D eigenvalue weighted by Gasteiger charge is -2.14. The van der Waals surface area contributed by atoms with Crippen molar-refractivity contribution in [2.24, 2.45) is 0 Å². The van der Waals surface area contributed by atoms with E-state index in [1.807, 2.05) is 19.1 Å². The minimum Gasteiger partial charge on any atom is -0.469 e. The largest absolute Gasteiger partial charge is 0.469 e. The molecule has 0 saturated heterocycles. The number of hydrogen-bond acceptors (Lipinski definition) is 5. The van der Waals surface area contributed by atoms with Gasteiger partial charge in [-0.1, -0.05) is 0 Å². The third kappa shape index (κ3) is 3.80. The number of anilines is 1. The zero-order valence-corrected chi connectivity index (χ0v) is 12.5. The van der Waals surface area contributed by atoms with Crippen LogP contribution in [-0.2, 0) is 6.42 Å². The van der Waals surface area contributed by atoms with Crippen molar-refractivity contribution in [2.45, 2.75) is 25.8 Å². The number of aromatic nitrogens is 1. The highest BCUT2D eigenvalue weighted by molar-refractivity contribution is 9.10. The van der Waals surface area contributed by atoms with Crippen LogP contribution < -0.4 is 5.32 Å². The van der Waals surface area contributed by atoms with E-state index >= 15 is 0 Å². The fraction of sp³-hybridized carbons (Fsp3) is 0.308. The number of rotatable bonds is 6. The Balaban J connectivity index is 1.93. The first-order chi connectivity index (χ1) is 9.56. The molecule has 2 heterocycles. The van der Waals surface area contributed by atoms with Crippen LogP contribution in [0.3, 0.4) is 0 Å². The average Bonchev–Trinajstić information content (AvgIpc) is 2.91. The summed E-state index contributed by atoms with van der Waals surface area (Å²) in [5.74, 6) is 1.54. The molecule has 20 heavy (non-hydrogen) atoms. The first kappa shape index (κ1) is 14.5. The van der Waals surface area contributed by atoms with Crippen LogP contribution in [-0.4, -0.2) is 15.9 Å². The topological polar surface area (TPSA) is 81.2 Å². The van der Waals surface area contributed by atoms with Crippen LogP contribution in [0.15, 0.2) is 39.5 Å². The van der Waals surface area contributed by atoms with Crippen molar-refractivity contribution in [3.05, 3.63) is 51.0 Å². The van der Waals surface area contributed by atoms with Gasteiger partial charge in [0.15, 0.2) is 0 Å². The number of aryl methyl sites for hydroxylation is 1. The van der Waals surface area contributed by atoms with Gasteiger partial charge in [0, 0.05) is 18.5 Å². The summed E-state index contributed by atoms with van der Waals surface area (Å²) >= 11 is 3.29. The predicted molar refractivity (Wildman–Crippen MR) is 78.7 cm³/mol. The second-order valence-corrected chi connectivity index (χ2v) is 5.30. The number of pyridine rings is 1. The van der Waals surface area contributed by atoms with E-state index in [4.69, 9.17) is 4.42 Å². The molecule has 2 aromatic heterocycles. The number of nitro groups is 1. The van der Waals surface area contributed by atoms with E-state index in [-0.39, 0.29) is 11.7 Å². The molecule has 1 atom stereocenters.